The number of ether oxygens (including phenoxy) is 1. The Bertz CT molecular complexity index is 1650. The Morgan fingerprint density at radius 1 is 1.11 bits per heavy atom. The molecule has 192 valence electrons. The number of fused-ring (bicyclic) bond motifs is 5. The zero-order chi connectivity index (χ0) is 26.0. The van der Waals surface area contributed by atoms with E-state index in [-0.39, 0.29) is 18.8 Å². The van der Waals surface area contributed by atoms with E-state index in [1.54, 1.807) is 4.68 Å². The summed E-state index contributed by atoms with van der Waals surface area (Å²) >= 11 is 0. The predicted molar refractivity (Wildman–Crippen MR) is 140 cm³/mol. The minimum absolute atomic E-state index is 0.0140. The second kappa shape index (κ2) is 8.63. The van der Waals surface area contributed by atoms with Crippen molar-refractivity contribution in [3.05, 3.63) is 35.3 Å². The molecule has 0 spiro atoms. The van der Waals surface area contributed by atoms with Crippen molar-refractivity contribution in [3.63, 3.8) is 0 Å². The van der Waals surface area contributed by atoms with Crippen LogP contribution in [0.25, 0.3) is 44.6 Å². The molecule has 37 heavy (non-hydrogen) atoms. The summed E-state index contributed by atoms with van der Waals surface area (Å²) in [5.41, 5.74) is 8.26. The van der Waals surface area contributed by atoms with Gasteiger partial charge in [-0.25, -0.2) is 9.67 Å². The van der Waals surface area contributed by atoms with Crippen LogP contribution in [-0.4, -0.2) is 76.0 Å². The summed E-state index contributed by atoms with van der Waals surface area (Å²) in [4.78, 5) is 12.2. The van der Waals surface area contributed by atoms with Crippen LogP contribution in [0, 0.1) is 13.8 Å². The number of hydrogen-bond donors (Lipinski definition) is 2. The number of aryl methyl sites for hydroxylation is 3. The van der Waals surface area contributed by atoms with Crippen LogP contribution in [-0.2, 0) is 13.6 Å². The molecule has 4 bridgehead atoms. The van der Waals surface area contributed by atoms with Crippen LogP contribution < -0.4 is 4.74 Å². The van der Waals surface area contributed by atoms with Crippen molar-refractivity contribution in [2.45, 2.75) is 46.4 Å². The molecule has 0 saturated carbocycles. The van der Waals surface area contributed by atoms with E-state index in [0.29, 0.717) is 19.0 Å². The summed E-state index contributed by atoms with van der Waals surface area (Å²) in [7, 11) is 3.95. The Hall–Kier alpha value is -3.83. The number of aromatic amines is 1. The number of pyridine rings is 2. The topological polar surface area (TPSA) is 123 Å². The average molecular weight is 502 g/mol. The Kier molecular flexibility index (Phi) is 5.50. The van der Waals surface area contributed by atoms with E-state index in [2.05, 4.69) is 34.2 Å². The van der Waals surface area contributed by atoms with E-state index in [0.717, 1.165) is 61.7 Å². The van der Waals surface area contributed by atoms with Gasteiger partial charge in [0.05, 0.1) is 52.4 Å². The molecular formula is C26H31N9O2. The molecule has 6 rings (SSSR count). The van der Waals surface area contributed by atoms with E-state index in [9.17, 15) is 5.11 Å². The lowest BCUT2D eigenvalue weighted by molar-refractivity contribution is 0.145. The Morgan fingerprint density at radius 2 is 1.92 bits per heavy atom. The first-order valence-electron chi connectivity index (χ1n) is 12.5. The highest BCUT2D eigenvalue weighted by Crippen LogP contribution is 2.37. The fraction of sp³-hybridized carbons (Fsp3) is 0.423. The molecule has 0 aliphatic carbocycles. The first kappa shape index (κ1) is 23.6. The van der Waals surface area contributed by atoms with Crippen molar-refractivity contribution in [3.8, 4) is 28.5 Å². The zero-order valence-electron chi connectivity index (χ0n) is 21.9. The molecule has 6 heterocycles. The third-order valence-corrected chi connectivity index (χ3v) is 7.02. The van der Waals surface area contributed by atoms with Crippen LogP contribution in [0.15, 0.2) is 18.2 Å². The van der Waals surface area contributed by atoms with Gasteiger partial charge in [-0.15, -0.1) is 0 Å². The molecule has 5 aromatic rings. The molecule has 0 amide bonds. The lowest BCUT2D eigenvalue weighted by atomic mass is 10.1. The molecule has 5 aromatic heterocycles. The number of H-pyrrole nitrogens is 1. The van der Waals surface area contributed by atoms with E-state index >= 15 is 0 Å². The molecule has 1 aliphatic heterocycles. The molecule has 0 aromatic carbocycles. The number of likely N-dealkylation sites (N-methyl/N-ethyl adjacent to an activating group) is 1. The minimum Gasteiger partial charge on any atom is -0.473 e. The molecule has 11 nitrogen and oxygen atoms in total. The number of nitrogens with one attached hydrogen (secondary N) is 1. The van der Waals surface area contributed by atoms with Gasteiger partial charge in [0.2, 0.25) is 5.88 Å². The van der Waals surface area contributed by atoms with Crippen molar-refractivity contribution >= 4 is 21.9 Å². The molecule has 0 fully saturated rings. The number of hydrogen-bond acceptors (Lipinski definition) is 8. The van der Waals surface area contributed by atoms with Gasteiger partial charge >= 0.3 is 0 Å². The van der Waals surface area contributed by atoms with Crippen molar-refractivity contribution < 1.29 is 9.84 Å². The van der Waals surface area contributed by atoms with Crippen LogP contribution in [0.1, 0.15) is 37.0 Å². The number of aliphatic hydroxyl groups excluding tert-OH is 1. The monoisotopic (exact) mass is 501 g/mol. The van der Waals surface area contributed by atoms with Gasteiger partial charge in [0.25, 0.3) is 0 Å². The van der Waals surface area contributed by atoms with Crippen molar-refractivity contribution in [2.75, 3.05) is 20.2 Å². The van der Waals surface area contributed by atoms with E-state index in [1.807, 2.05) is 50.7 Å². The van der Waals surface area contributed by atoms with Gasteiger partial charge in [-0.2, -0.15) is 15.3 Å². The first-order chi connectivity index (χ1) is 17.7. The molecule has 0 radical (unpaired) electrons. The Morgan fingerprint density at radius 3 is 2.70 bits per heavy atom. The fourth-order valence-corrected chi connectivity index (χ4v) is 5.31. The zero-order valence-corrected chi connectivity index (χ0v) is 21.9. The van der Waals surface area contributed by atoms with Crippen molar-refractivity contribution in [2.24, 2.45) is 7.05 Å². The third kappa shape index (κ3) is 3.77. The SMILES string of the molecule is Cc1nn(C)c2c1-c1cc3c([nH]nc3c(C)n1)-c1ccc3nn(C(C)CO)c(c3n1)CN(C)C[C@H](C)O2. The molecular weight excluding hydrogens is 470 g/mol. The first-order valence-corrected chi connectivity index (χ1v) is 12.5. The minimum atomic E-state index is -0.180. The highest BCUT2D eigenvalue weighted by molar-refractivity contribution is 5.96. The summed E-state index contributed by atoms with van der Waals surface area (Å²) in [5, 5.41) is 28.1. The molecule has 2 N–H and O–H groups in total. The number of nitrogens with zero attached hydrogens (tertiary/aromatic N) is 8. The largest absolute Gasteiger partial charge is 0.473 e. The average Bonchev–Trinajstić information content (AvgIpc) is 3.51. The second-order valence-corrected chi connectivity index (χ2v) is 10.1. The van der Waals surface area contributed by atoms with Gasteiger partial charge in [-0.05, 0) is 52.9 Å². The van der Waals surface area contributed by atoms with Gasteiger partial charge < -0.3 is 9.84 Å². The predicted octanol–water partition coefficient (Wildman–Crippen LogP) is 3.15. The van der Waals surface area contributed by atoms with Gasteiger partial charge in [0, 0.05) is 25.5 Å². The van der Waals surface area contributed by atoms with Crippen LogP contribution in [0.3, 0.4) is 0 Å². The van der Waals surface area contributed by atoms with Crippen LogP contribution in [0.5, 0.6) is 5.88 Å². The second-order valence-electron chi connectivity index (χ2n) is 10.1. The summed E-state index contributed by atoms with van der Waals surface area (Å²) in [6.45, 7) is 9.19. The molecule has 2 atom stereocenters. The maximum absolute atomic E-state index is 9.92. The summed E-state index contributed by atoms with van der Waals surface area (Å²) < 4.78 is 10.2. The quantitative estimate of drug-likeness (QED) is 0.378. The standard InChI is InChI=1S/C26H31N9O2/c1-13(12-36)35-21-11-33(5)10-14(2)37-26-22(15(3)31-34(26)6)20-9-17-23(16(4)27-20)29-30-24(17)18-7-8-19(32-35)25(21)28-18/h7-9,13-14,36H,10-12H2,1-6H3,(H,29,30)/t13?,14-/m0/s1. The Labute approximate surface area is 214 Å². The number of aliphatic hydroxyl groups is 1. The van der Waals surface area contributed by atoms with Gasteiger partial charge in [-0.1, -0.05) is 0 Å². The molecule has 1 aliphatic rings. The summed E-state index contributed by atoms with van der Waals surface area (Å²) in [6.07, 6.45) is -0.126. The summed E-state index contributed by atoms with van der Waals surface area (Å²) in [6, 6.07) is 5.80. The highest BCUT2D eigenvalue weighted by atomic mass is 16.5. The van der Waals surface area contributed by atoms with Crippen LogP contribution in [0.2, 0.25) is 0 Å². The van der Waals surface area contributed by atoms with Crippen molar-refractivity contribution in [1.82, 2.24) is 44.6 Å². The Balaban J connectivity index is 1.65. The van der Waals surface area contributed by atoms with Crippen LogP contribution >= 0.6 is 0 Å². The van der Waals surface area contributed by atoms with Gasteiger partial charge in [-0.3, -0.25) is 19.7 Å². The van der Waals surface area contributed by atoms with E-state index < -0.39 is 0 Å². The van der Waals surface area contributed by atoms with Crippen LogP contribution in [0.4, 0.5) is 0 Å². The van der Waals surface area contributed by atoms with Crippen molar-refractivity contribution in [1.29, 1.82) is 0 Å². The lowest BCUT2D eigenvalue weighted by Gasteiger charge is -2.24. The van der Waals surface area contributed by atoms with E-state index in [1.165, 1.54) is 0 Å². The molecule has 1 unspecified atom stereocenters. The maximum atomic E-state index is 9.92. The molecule has 11 heteroatoms. The number of rotatable bonds is 2. The summed E-state index contributed by atoms with van der Waals surface area (Å²) in [5.74, 6) is 0.685. The van der Waals surface area contributed by atoms with Gasteiger partial charge in [0.1, 0.15) is 22.7 Å². The third-order valence-electron chi connectivity index (χ3n) is 7.02. The normalized spacial score (nSPS) is 17.2. The van der Waals surface area contributed by atoms with E-state index in [4.69, 9.17) is 19.8 Å². The highest BCUT2D eigenvalue weighted by Gasteiger charge is 2.25. The fourth-order valence-electron chi connectivity index (χ4n) is 5.31. The maximum Gasteiger partial charge on any atom is 0.221 e. The van der Waals surface area contributed by atoms with Gasteiger partial charge in [0.15, 0.2) is 0 Å². The lowest BCUT2D eigenvalue weighted by Crippen LogP contribution is -2.32. The smallest absolute Gasteiger partial charge is 0.221 e. The molecule has 0 saturated heterocycles. The number of aromatic nitrogens is 8.